The number of aromatic amines is 2. The van der Waals surface area contributed by atoms with Crippen molar-refractivity contribution in [2.75, 3.05) is 31.2 Å². The number of hydrogen-bond donors (Lipinski definition) is 1. The highest BCUT2D eigenvalue weighted by Crippen LogP contribution is 2.21. The second-order valence-electron chi connectivity index (χ2n) is 3.57. The number of H-pyrrole nitrogens is 2. The summed E-state index contributed by atoms with van der Waals surface area (Å²) in [5.41, 5.74) is 1.60. The van der Waals surface area contributed by atoms with Crippen LogP contribution in [-0.4, -0.2) is 41.3 Å². The van der Waals surface area contributed by atoms with E-state index < -0.39 is 0 Å². The number of anilines is 1. The van der Waals surface area contributed by atoms with E-state index in [2.05, 4.69) is 24.8 Å². The lowest BCUT2D eigenvalue weighted by atomic mass is 10.4. The van der Waals surface area contributed by atoms with E-state index in [1.54, 1.807) is 6.33 Å². The molecule has 0 aliphatic carbocycles. The van der Waals surface area contributed by atoms with Crippen molar-refractivity contribution in [1.29, 1.82) is 0 Å². The zero-order valence-corrected chi connectivity index (χ0v) is 9.29. The zero-order valence-electron chi connectivity index (χ0n) is 8.53. The molecule has 0 radical (unpaired) electrons. The molecule has 0 atom stereocenters. The van der Waals surface area contributed by atoms with Gasteiger partial charge in [0.1, 0.15) is 0 Å². The minimum Gasteiger partial charge on any atom is -0.378 e. The van der Waals surface area contributed by atoms with Crippen LogP contribution in [0.25, 0.3) is 11.2 Å². The van der Waals surface area contributed by atoms with Crippen LogP contribution in [0.15, 0.2) is 6.33 Å². The Morgan fingerprint density at radius 3 is 3.00 bits per heavy atom. The van der Waals surface area contributed by atoms with E-state index in [0.29, 0.717) is 13.2 Å². The molecule has 2 N–H and O–H groups in total. The van der Waals surface area contributed by atoms with Gasteiger partial charge in [-0.25, -0.2) is 4.98 Å². The number of halogens is 1. The molecule has 2 aromatic heterocycles. The van der Waals surface area contributed by atoms with Crippen LogP contribution in [0.3, 0.4) is 0 Å². The maximum absolute atomic E-state index is 5.89. The summed E-state index contributed by atoms with van der Waals surface area (Å²) in [5.74, 6) is 0.833. The SMILES string of the molecule is Clc1nc(N2CCOCC2)c2[nH]c[nH+]c2n1. The lowest BCUT2D eigenvalue weighted by Crippen LogP contribution is -2.37. The number of morpholine rings is 1. The van der Waals surface area contributed by atoms with Gasteiger partial charge in [0.25, 0.3) is 0 Å². The van der Waals surface area contributed by atoms with Crippen LogP contribution in [0.5, 0.6) is 0 Å². The fraction of sp³-hybridized carbons (Fsp3) is 0.444. The first-order valence-corrected chi connectivity index (χ1v) is 5.47. The Hall–Kier alpha value is -1.40. The molecule has 1 aliphatic rings. The lowest BCUT2D eigenvalue weighted by Gasteiger charge is -2.27. The average molecular weight is 241 g/mol. The van der Waals surface area contributed by atoms with Crippen molar-refractivity contribution in [3.63, 3.8) is 0 Å². The highest BCUT2D eigenvalue weighted by Gasteiger charge is 2.21. The van der Waals surface area contributed by atoms with Crippen LogP contribution in [-0.2, 0) is 4.74 Å². The summed E-state index contributed by atoms with van der Waals surface area (Å²) in [4.78, 5) is 16.6. The highest BCUT2D eigenvalue weighted by molar-refractivity contribution is 6.28. The average Bonchev–Trinajstić information content (AvgIpc) is 2.77. The van der Waals surface area contributed by atoms with Gasteiger partial charge in [-0.1, -0.05) is 4.98 Å². The van der Waals surface area contributed by atoms with Gasteiger partial charge >= 0.3 is 10.9 Å². The summed E-state index contributed by atoms with van der Waals surface area (Å²) in [5, 5.41) is 0.254. The maximum Gasteiger partial charge on any atom is 0.306 e. The fourth-order valence-corrected chi connectivity index (χ4v) is 2.00. The first kappa shape index (κ1) is 9.80. The third-order valence-corrected chi connectivity index (χ3v) is 2.77. The van der Waals surface area contributed by atoms with E-state index in [4.69, 9.17) is 16.3 Å². The Balaban J connectivity index is 2.09. The molecular weight excluding hydrogens is 230 g/mol. The predicted molar refractivity (Wildman–Crippen MR) is 58.5 cm³/mol. The molecule has 0 bridgehead atoms. The second-order valence-corrected chi connectivity index (χ2v) is 3.91. The summed E-state index contributed by atoms with van der Waals surface area (Å²) in [6, 6.07) is 0. The molecular formula is C9H11ClN5O+. The largest absolute Gasteiger partial charge is 0.378 e. The molecule has 6 nitrogen and oxygen atoms in total. The van der Waals surface area contributed by atoms with Crippen molar-refractivity contribution in [3.05, 3.63) is 11.6 Å². The molecule has 0 amide bonds. The molecule has 1 aliphatic heterocycles. The van der Waals surface area contributed by atoms with Gasteiger partial charge in [-0.2, -0.15) is 4.98 Å². The van der Waals surface area contributed by atoms with E-state index in [9.17, 15) is 0 Å². The summed E-state index contributed by atoms with van der Waals surface area (Å²) < 4.78 is 5.31. The maximum atomic E-state index is 5.89. The van der Waals surface area contributed by atoms with Crippen molar-refractivity contribution in [1.82, 2.24) is 15.0 Å². The van der Waals surface area contributed by atoms with Crippen LogP contribution in [0.4, 0.5) is 5.82 Å². The molecule has 16 heavy (non-hydrogen) atoms. The van der Waals surface area contributed by atoms with E-state index in [0.717, 1.165) is 30.1 Å². The van der Waals surface area contributed by atoms with Gasteiger partial charge in [-0.3, -0.25) is 4.98 Å². The molecule has 1 saturated heterocycles. The molecule has 3 rings (SSSR count). The van der Waals surface area contributed by atoms with Gasteiger partial charge in [0.15, 0.2) is 12.1 Å². The fourth-order valence-electron chi connectivity index (χ4n) is 1.84. The number of rotatable bonds is 1. The van der Waals surface area contributed by atoms with Crippen molar-refractivity contribution in [2.45, 2.75) is 0 Å². The zero-order chi connectivity index (χ0) is 11.0. The minimum atomic E-state index is 0.254. The van der Waals surface area contributed by atoms with Gasteiger partial charge in [-0.05, 0) is 11.6 Å². The Bertz CT molecular complexity index is 508. The number of ether oxygens (including phenoxy) is 1. The van der Waals surface area contributed by atoms with E-state index in [1.165, 1.54) is 0 Å². The quantitative estimate of drug-likeness (QED) is 0.727. The van der Waals surface area contributed by atoms with E-state index >= 15 is 0 Å². The number of imidazole rings is 1. The van der Waals surface area contributed by atoms with Crippen molar-refractivity contribution >= 4 is 28.6 Å². The second kappa shape index (κ2) is 3.88. The number of hydrogen-bond acceptors (Lipinski definition) is 4. The highest BCUT2D eigenvalue weighted by atomic mass is 35.5. The Morgan fingerprint density at radius 2 is 2.19 bits per heavy atom. The van der Waals surface area contributed by atoms with Gasteiger partial charge < -0.3 is 9.64 Å². The normalized spacial score (nSPS) is 16.9. The molecule has 0 aromatic carbocycles. The molecule has 1 fully saturated rings. The first-order chi connectivity index (χ1) is 7.84. The van der Waals surface area contributed by atoms with Crippen molar-refractivity contribution < 1.29 is 9.72 Å². The number of nitrogens with one attached hydrogen (secondary N) is 2. The summed E-state index contributed by atoms with van der Waals surface area (Å²) in [6.07, 6.45) is 1.72. The monoisotopic (exact) mass is 240 g/mol. The van der Waals surface area contributed by atoms with Gasteiger partial charge in [0.2, 0.25) is 5.52 Å². The standard InChI is InChI=1S/C9H10ClN5O/c10-9-13-7-6(11-5-12-7)8(14-9)15-1-3-16-4-2-15/h5H,1-4H2,(H,11,12,13,14)/p+1. The number of fused-ring (bicyclic) bond motifs is 1. The van der Waals surface area contributed by atoms with Crippen LogP contribution in [0.1, 0.15) is 0 Å². The topological polar surface area (TPSA) is 68.2 Å². The Morgan fingerprint density at radius 1 is 1.38 bits per heavy atom. The minimum absolute atomic E-state index is 0.254. The van der Waals surface area contributed by atoms with Crippen molar-refractivity contribution in [2.24, 2.45) is 0 Å². The van der Waals surface area contributed by atoms with E-state index in [-0.39, 0.29) is 5.28 Å². The number of nitrogens with zero attached hydrogens (tertiary/aromatic N) is 3. The molecule has 0 unspecified atom stereocenters. The molecule has 0 spiro atoms. The Kier molecular flexibility index (Phi) is 2.37. The molecule has 7 heteroatoms. The lowest BCUT2D eigenvalue weighted by molar-refractivity contribution is -0.347. The van der Waals surface area contributed by atoms with Crippen molar-refractivity contribution in [3.8, 4) is 0 Å². The van der Waals surface area contributed by atoms with Gasteiger partial charge in [0, 0.05) is 13.1 Å². The summed E-state index contributed by atoms with van der Waals surface area (Å²) in [7, 11) is 0. The Labute approximate surface area is 96.6 Å². The smallest absolute Gasteiger partial charge is 0.306 e. The molecule has 0 saturated carbocycles. The third-order valence-electron chi connectivity index (χ3n) is 2.60. The molecule has 2 aromatic rings. The summed E-state index contributed by atoms with van der Waals surface area (Å²) in [6.45, 7) is 3.07. The predicted octanol–water partition coefficient (Wildman–Crippen LogP) is 0.262. The van der Waals surface area contributed by atoms with Gasteiger partial charge in [-0.15, -0.1) is 0 Å². The number of aromatic nitrogens is 4. The van der Waals surface area contributed by atoms with Crippen LogP contribution in [0, 0.1) is 0 Å². The molecule has 84 valence electrons. The van der Waals surface area contributed by atoms with Gasteiger partial charge in [0.05, 0.1) is 13.2 Å². The van der Waals surface area contributed by atoms with Crippen LogP contribution < -0.4 is 9.88 Å². The first-order valence-electron chi connectivity index (χ1n) is 5.09. The third kappa shape index (κ3) is 1.60. The van der Waals surface area contributed by atoms with Crippen LogP contribution in [0.2, 0.25) is 5.28 Å². The van der Waals surface area contributed by atoms with E-state index in [1.807, 2.05) is 0 Å². The van der Waals surface area contributed by atoms with Crippen LogP contribution >= 0.6 is 11.6 Å². The summed E-state index contributed by atoms with van der Waals surface area (Å²) >= 11 is 5.89. The molecule has 3 heterocycles.